The van der Waals surface area contributed by atoms with Gasteiger partial charge in [-0.1, -0.05) is 5.16 Å². The highest BCUT2D eigenvalue weighted by Gasteiger charge is 2.20. The fourth-order valence-electron chi connectivity index (χ4n) is 1.61. The first-order valence-corrected chi connectivity index (χ1v) is 4.51. The SMILES string of the molecule is Cc1nc(CN2CCC(N)C2)no1. The van der Waals surface area contributed by atoms with Crippen molar-refractivity contribution in [1.82, 2.24) is 15.0 Å². The first-order chi connectivity index (χ1) is 6.24. The molecular formula is C8H14N4O. The zero-order chi connectivity index (χ0) is 9.26. The lowest BCUT2D eigenvalue weighted by Crippen LogP contribution is -2.26. The van der Waals surface area contributed by atoms with Crippen molar-refractivity contribution >= 4 is 0 Å². The number of rotatable bonds is 2. The maximum atomic E-state index is 5.78. The van der Waals surface area contributed by atoms with E-state index in [2.05, 4.69) is 15.0 Å². The summed E-state index contributed by atoms with van der Waals surface area (Å²) in [5.74, 6) is 1.38. The highest BCUT2D eigenvalue weighted by molar-refractivity contribution is 4.87. The summed E-state index contributed by atoms with van der Waals surface area (Å²) in [6.45, 7) is 4.53. The first kappa shape index (κ1) is 8.65. The second kappa shape index (κ2) is 3.43. The Kier molecular flexibility index (Phi) is 2.28. The lowest BCUT2D eigenvalue weighted by molar-refractivity contribution is 0.307. The topological polar surface area (TPSA) is 68.2 Å². The quantitative estimate of drug-likeness (QED) is 0.692. The monoisotopic (exact) mass is 182 g/mol. The smallest absolute Gasteiger partial charge is 0.223 e. The lowest BCUT2D eigenvalue weighted by Gasteiger charge is -2.11. The molecule has 1 aromatic rings. The number of hydrogen-bond donors (Lipinski definition) is 1. The molecule has 2 N–H and O–H groups in total. The Bertz CT molecular complexity index is 285. The maximum Gasteiger partial charge on any atom is 0.223 e. The van der Waals surface area contributed by atoms with Gasteiger partial charge in [0, 0.05) is 26.1 Å². The van der Waals surface area contributed by atoms with Crippen LogP contribution in [0, 0.1) is 6.92 Å². The molecule has 0 spiro atoms. The van der Waals surface area contributed by atoms with Crippen LogP contribution in [0.25, 0.3) is 0 Å². The molecule has 0 amide bonds. The molecule has 0 aromatic carbocycles. The molecule has 1 unspecified atom stereocenters. The predicted molar refractivity (Wildman–Crippen MR) is 46.9 cm³/mol. The van der Waals surface area contributed by atoms with Gasteiger partial charge in [0.1, 0.15) is 0 Å². The summed E-state index contributed by atoms with van der Waals surface area (Å²) >= 11 is 0. The molecule has 13 heavy (non-hydrogen) atoms. The molecule has 1 aromatic heterocycles. The first-order valence-electron chi connectivity index (χ1n) is 4.51. The fraction of sp³-hybridized carbons (Fsp3) is 0.750. The van der Waals surface area contributed by atoms with Gasteiger partial charge in [0.15, 0.2) is 5.82 Å². The van der Waals surface area contributed by atoms with E-state index in [0.717, 1.165) is 31.9 Å². The van der Waals surface area contributed by atoms with Gasteiger partial charge in [-0.05, 0) is 6.42 Å². The number of likely N-dealkylation sites (tertiary alicyclic amines) is 1. The molecular weight excluding hydrogens is 168 g/mol. The van der Waals surface area contributed by atoms with Crippen molar-refractivity contribution < 1.29 is 4.52 Å². The number of aryl methyl sites for hydroxylation is 1. The van der Waals surface area contributed by atoms with Crippen LogP contribution >= 0.6 is 0 Å². The summed E-state index contributed by atoms with van der Waals surface area (Å²) in [5, 5.41) is 3.84. The molecule has 0 radical (unpaired) electrons. The summed E-state index contributed by atoms with van der Waals surface area (Å²) in [7, 11) is 0. The number of aromatic nitrogens is 2. The summed E-state index contributed by atoms with van der Waals surface area (Å²) in [4.78, 5) is 6.38. The Labute approximate surface area is 76.9 Å². The van der Waals surface area contributed by atoms with Gasteiger partial charge in [0.25, 0.3) is 0 Å². The van der Waals surface area contributed by atoms with Crippen LogP contribution in [0.3, 0.4) is 0 Å². The number of nitrogens with two attached hydrogens (primary N) is 1. The molecule has 0 aliphatic carbocycles. The maximum absolute atomic E-state index is 5.78. The van der Waals surface area contributed by atoms with Gasteiger partial charge >= 0.3 is 0 Å². The van der Waals surface area contributed by atoms with Crippen LogP contribution in [-0.2, 0) is 6.54 Å². The van der Waals surface area contributed by atoms with Gasteiger partial charge in [-0.2, -0.15) is 4.98 Å². The molecule has 1 aliphatic rings. The third kappa shape index (κ3) is 2.05. The summed E-state index contributed by atoms with van der Waals surface area (Å²) in [6, 6.07) is 0.313. The summed E-state index contributed by atoms with van der Waals surface area (Å²) in [6.07, 6.45) is 1.07. The largest absolute Gasteiger partial charge is 0.340 e. The van der Waals surface area contributed by atoms with Crippen LogP contribution in [0.2, 0.25) is 0 Å². The number of nitrogens with zero attached hydrogens (tertiary/aromatic N) is 3. The van der Waals surface area contributed by atoms with E-state index >= 15 is 0 Å². The minimum Gasteiger partial charge on any atom is -0.340 e. The molecule has 1 aliphatic heterocycles. The highest BCUT2D eigenvalue weighted by atomic mass is 16.5. The zero-order valence-electron chi connectivity index (χ0n) is 7.73. The average Bonchev–Trinajstić information content (AvgIpc) is 2.62. The van der Waals surface area contributed by atoms with Crippen molar-refractivity contribution in [3.05, 3.63) is 11.7 Å². The fourth-order valence-corrected chi connectivity index (χ4v) is 1.61. The Balaban J connectivity index is 1.91. The molecule has 1 fully saturated rings. The van der Waals surface area contributed by atoms with E-state index in [1.54, 1.807) is 6.92 Å². The zero-order valence-corrected chi connectivity index (χ0v) is 7.73. The van der Waals surface area contributed by atoms with E-state index in [9.17, 15) is 0 Å². The third-order valence-corrected chi connectivity index (χ3v) is 2.24. The Hall–Kier alpha value is -0.940. The molecule has 0 bridgehead atoms. The molecule has 5 nitrogen and oxygen atoms in total. The van der Waals surface area contributed by atoms with Gasteiger partial charge in [-0.15, -0.1) is 0 Å². The van der Waals surface area contributed by atoms with Gasteiger partial charge in [0.2, 0.25) is 5.89 Å². The minimum absolute atomic E-state index is 0.313. The summed E-state index contributed by atoms with van der Waals surface area (Å²) < 4.78 is 4.88. The van der Waals surface area contributed by atoms with E-state index < -0.39 is 0 Å². The van der Waals surface area contributed by atoms with Crippen LogP contribution in [0.1, 0.15) is 18.1 Å². The van der Waals surface area contributed by atoms with Gasteiger partial charge in [0.05, 0.1) is 6.54 Å². The van der Waals surface area contributed by atoms with Gasteiger partial charge in [-0.25, -0.2) is 0 Å². The van der Waals surface area contributed by atoms with E-state index in [1.807, 2.05) is 0 Å². The van der Waals surface area contributed by atoms with Crippen molar-refractivity contribution in [2.24, 2.45) is 5.73 Å². The molecule has 1 atom stereocenters. The van der Waals surface area contributed by atoms with E-state index in [0.29, 0.717) is 11.9 Å². The predicted octanol–water partition coefficient (Wildman–Crippen LogP) is -0.0890. The van der Waals surface area contributed by atoms with Crippen LogP contribution in [0.5, 0.6) is 0 Å². The average molecular weight is 182 g/mol. The van der Waals surface area contributed by atoms with Crippen LogP contribution in [0.4, 0.5) is 0 Å². The Morgan fingerprint density at radius 1 is 1.69 bits per heavy atom. The molecule has 2 rings (SSSR count). The van der Waals surface area contributed by atoms with E-state index in [-0.39, 0.29) is 0 Å². The normalized spacial score (nSPS) is 24.0. The summed E-state index contributed by atoms with van der Waals surface area (Å²) in [5.41, 5.74) is 5.78. The standard InChI is InChI=1S/C8H14N4O/c1-6-10-8(11-13-6)5-12-3-2-7(9)4-12/h7H,2-5,9H2,1H3. The van der Waals surface area contributed by atoms with Crippen LogP contribution in [0.15, 0.2) is 4.52 Å². The van der Waals surface area contributed by atoms with Crippen molar-refractivity contribution in [3.63, 3.8) is 0 Å². The third-order valence-electron chi connectivity index (χ3n) is 2.24. The highest BCUT2D eigenvalue weighted by Crippen LogP contribution is 2.09. The second-order valence-corrected chi connectivity index (χ2v) is 3.51. The molecule has 0 saturated carbocycles. The van der Waals surface area contributed by atoms with Gasteiger partial charge in [-0.3, -0.25) is 4.90 Å². The Morgan fingerprint density at radius 2 is 2.54 bits per heavy atom. The second-order valence-electron chi connectivity index (χ2n) is 3.51. The molecule has 72 valence electrons. The number of hydrogen-bond acceptors (Lipinski definition) is 5. The van der Waals surface area contributed by atoms with Crippen molar-refractivity contribution in [3.8, 4) is 0 Å². The van der Waals surface area contributed by atoms with Crippen molar-refractivity contribution in [2.75, 3.05) is 13.1 Å². The van der Waals surface area contributed by atoms with Crippen LogP contribution in [-0.4, -0.2) is 34.2 Å². The Morgan fingerprint density at radius 3 is 3.08 bits per heavy atom. The van der Waals surface area contributed by atoms with E-state index in [1.165, 1.54) is 0 Å². The van der Waals surface area contributed by atoms with Crippen LogP contribution < -0.4 is 5.73 Å². The molecule has 1 saturated heterocycles. The minimum atomic E-state index is 0.313. The molecule has 2 heterocycles. The van der Waals surface area contributed by atoms with E-state index in [4.69, 9.17) is 10.3 Å². The van der Waals surface area contributed by atoms with Gasteiger partial charge < -0.3 is 10.3 Å². The lowest BCUT2D eigenvalue weighted by atomic mass is 10.3. The van der Waals surface area contributed by atoms with Crippen molar-refractivity contribution in [1.29, 1.82) is 0 Å². The van der Waals surface area contributed by atoms with Crippen molar-refractivity contribution in [2.45, 2.75) is 25.9 Å². The molecule has 5 heteroatoms.